The fourth-order valence-corrected chi connectivity index (χ4v) is 2.48. The van der Waals surface area contributed by atoms with E-state index in [1.807, 2.05) is 32.9 Å². The van der Waals surface area contributed by atoms with Crippen LogP contribution in [0, 0.1) is 11.3 Å². The van der Waals surface area contributed by atoms with Gasteiger partial charge in [-0.15, -0.1) is 0 Å². The summed E-state index contributed by atoms with van der Waals surface area (Å²) in [6.07, 6.45) is 2.22. The molecule has 0 saturated heterocycles. The zero-order valence-corrected chi connectivity index (χ0v) is 13.5. The second kappa shape index (κ2) is 6.51. The van der Waals surface area contributed by atoms with Crippen molar-refractivity contribution in [3.8, 4) is 5.75 Å². The normalized spacial score (nSPS) is 21.0. The summed E-state index contributed by atoms with van der Waals surface area (Å²) in [5, 5.41) is 9.27. The number of aromatic hydroxyl groups is 1. The van der Waals surface area contributed by atoms with Gasteiger partial charge in [0.25, 0.3) is 0 Å². The van der Waals surface area contributed by atoms with Crippen molar-refractivity contribution in [2.45, 2.75) is 46.0 Å². The molecule has 1 aromatic carbocycles. The molecular formula is C18H24O4. The second-order valence-electron chi connectivity index (χ2n) is 6.73. The Morgan fingerprint density at radius 1 is 1.23 bits per heavy atom. The maximum absolute atomic E-state index is 12.0. The van der Waals surface area contributed by atoms with E-state index >= 15 is 0 Å². The van der Waals surface area contributed by atoms with Crippen molar-refractivity contribution in [2.75, 3.05) is 6.61 Å². The average molecular weight is 304 g/mol. The Morgan fingerprint density at radius 2 is 1.82 bits per heavy atom. The number of phenols is 1. The first-order chi connectivity index (χ1) is 10.3. The zero-order chi connectivity index (χ0) is 16.3. The van der Waals surface area contributed by atoms with Gasteiger partial charge in [0.05, 0.1) is 5.92 Å². The lowest BCUT2D eigenvalue weighted by Gasteiger charge is -2.34. The van der Waals surface area contributed by atoms with Gasteiger partial charge in [-0.25, -0.2) is 0 Å². The molecule has 0 bridgehead atoms. The van der Waals surface area contributed by atoms with Gasteiger partial charge in [-0.1, -0.05) is 32.9 Å². The maximum atomic E-state index is 12.0. The van der Waals surface area contributed by atoms with Crippen LogP contribution in [-0.2, 0) is 14.3 Å². The summed E-state index contributed by atoms with van der Waals surface area (Å²) in [4.78, 5) is 23.9. The summed E-state index contributed by atoms with van der Waals surface area (Å²) in [5.41, 5.74) is 0.694. The number of carbonyl (C=O) groups is 2. The molecule has 0 spiro atoms. The van der Waals surface area contributed by atoms with Crippen molar-refractivity contribution in [1.29, 1.82) is 0 Å². The minimum Gasteiger partial charge on any atom is -0.508 e. The van der Waals surface area contributed by atoms with Crippen LogP contribution >= 0.6 is 0 Å². The van der Waals surface area contributed by atoms with E-state index in [1.54, 1.807) is 12.1 Å². The minimum atomic E-state index is -0.436. The molecule has 0 heterocycles. The quantitative estimate of drug-likeness (QED) is 0.818. The third-order valence-corrected chi connectivity index (χ3v) is 4.82. The van der Waals surface area contributed by atoms with Crippen molar-refractivity contribution >= 4 is 11.8 Å². The highest BCUT2D eigenvalue weighted by Crippen LogP contribution is 2.42. The third-order valence-electron chi connectivity index (χ3n) is 4.82. The van der Waals surface area contributed by atoms with Crippen molar-refractivity contribution in [1.82, 2.24) is 0 Å². The highest BCUT2D eigenvalue weighted by atomic mass is 16.5. The molecule has 4 heteroatoms. The first-order valence-electron chi connectivity index (χ1n) is 7.82. The molecule has 2 rings (SSSR count). The lowest BCUT2D eigenvalue weighted by molar-refractivity contribution is -0.157. The molecule has 1 saturated carbocycles. The maximum Gasteiger partial charge on any atom is 0.309 e. The zero-order valence-electron chi connectivity index (χ0n) is 13.5. The van der Waals surface area contributed by atoms with E-state index in [9.17, 15) is 14.7 Å². The summed E-state index contributed by atoms with van der Waals surface area (Å²) < 4.78 is 5.17. The number of ketones is 1. The topological polar surface area (TPSA) is 63.6 Å². The lowest BCUT2D eigenvalue weighted by Crippen LogP contribution is -2.34. The minimum absolute atomic E-state index is 0.0299. The molecule has 0 aliphatic heterocycles. The van der Waals surface area contributed by atoms with Crippen molar-refractivity contribution < 1.29 is 19.4 Å². The van der Waals surface area contributed by atoms with E-state index < -0.39 is 5.41 Å². The van der Waals surface area contributed by atoms with Gasteiger partial charge in [0, 0.05) is 5.41 Å². The molecule has 1 aliphatic rings. The Kier molecular flexibility index (Phi) is 4.89. The van der Waals surface area contributed by atoms with E-state index in [2.05, 4.69) is 0 Å². The van der Waals surface area contributed by atoms with Crippen LogP contribution in [0.5, 0.6) is 5.75 Å². The highest BCUT2D eigenvalue weighted by molar-refractivity contribution is 5.87. The van der Waals surface area contributed by atoms with Crippen molar-refractivity contribution in [2.24, 2.45) is 11.3 Å². The molecule has 1 N–H and O–H groups in total. The molecule has 22 heavy (non-hydrogen) atoms. The molecule has 1 aliphatic carbocycles. The largest absolute Gasteiger partial charge is 0.508 e. The van der Waals surface area contributed by atoms with Gasteiger partial charge < -0.3 is 9.84 Å². The Labute approximate surface area is 131 Å². The Balaban J connectivity index is 1.77. The predicted octanol–water partition coefficient (Wildman–Crippen LogP) is 3.43. The Morgan fingerprint density at radius 3 is 2.36 bits per heavy atom. The van der Waals surface area contributed by atoms with Crippen LogP contribution in [-0.4, -0.2) is 23.5 Å². The molecule has 1 fully saturated rings. The van der Waals surface area contributed by atoms with E-state index in [4.69, 9.17) is 4.74 Å². The number of phenolic OH excluding ortho intramolecular Hbond substituents is 1. The summed E-state index contributed by atoms with van der Waals surface area (Å²) >= 11 is 0. The molecule has 1 aromatic rings. The second-order valence-corrected chi connectivity index (χ2v) is 6.73. The van der Waals surface area contributed by atoms with Gasteiger partial charge in [0.2, 0.25) is 0 Å². The van der Waals surface area contributed by atoms with Gasteiger partial charge in [0.1, 0.15) is 5.75 Å². The molecule has 0 radical (unpaired) electrons. The lowest BCUT2D eigenvalue weighted by atomic mass is 9.71. The number of rotatable bonds is 6. The molecular weight excluding hydrogens is 280 g/mol. The van der Waals surface area contributed by atoms with Gasteiger partial charge in [-0.2, -0.15) is 0 Å². The number of carbonyl (C=O) groups excluding carboxylic acids is 2. The Bertz CT molecular complexity index is 539. The summed E-state index contributed by atoms with van der Waals surface area (Å²) in [6, 6.07) is 7.09. The third kappa shape index (κ3) is 3.67. The van der Waals surface area contributed by atoms with Crippen molar-refractivity contribution in [3.05, 3.63) is 29.8 Å². The number of ether oxygens (including phenoxy) is 1. The van der Waals surface area contributed by atoms with Gasteiger partial charge in [-0.3, -0.25) is 9.59 Å². The number of hydrogen-bond acceptors (Lipinski definition) is 4. The Hall–Kier alpha value is -1.84. The SMILES string of the molecule is CCC(C)(C)C(=O)COC(=O)C1CC(c2ccc(O)cc2)C1. The first-order valence-corrected chi connectivity index (χ1v) is 7.82. The van der Waals surface area contributed by atoms with Crippen LogP contribution < -0.4 is 0 Å². The van der Waals surface area contributed by atoms with Gasteiger partial charge in [-0.05, 0) is 42.9 Å². The molecule has 0 atom stereocenters. The summed E-state index contributed by atoms with van der Waals surface area (Å²) in [6.45, 7) is 5.56. The fraction of sp³-hybridized carbons (Fsp3) is 0.556. The van der Waals surface area contributed by atoms with E-state index in [0.717, 1.165) is 24.8 Å². The monoisotopic (exact) mass is 304 g/mol. The predicted molar refractivity (Wildman–Crippen MR) is 83.6 cm³/mol. The van der Waals surface area contributed by atoms with E-state index in [-0.39, 0.29) is 30.0 Å². The smallest absolute Gasteiger partial charge is 0.309 e. The first kappa shape index (κ1) is 16.5. The molecule has 0 unspecified atom stereocenters. The molecule has 4 nitrogen and oxygen atoms in total. The van der Waals surface area contributed by atoms with Crippen LogP contribution in [0.1, 0.15) is 51.5 Å². The van der Waals surface area contributed by atoms with E-state index in [0.29, 0.717) is 5.92 Å². The highest BCUT2D eigenvalue weighted by Gasteiger charge is 2.37. The fourth-order valence-electron chi connectivity index (χ4n) is 2.48. The summed E-state index contributed by atoms with van der Waals surface area (Å²) in [7, 11) is 0. The molecule has 0 aromatic heterocycles. The van der Waals surface area contributed by atoms with Crippen molar-refractivity contribution in [3.63, 3.8) is 0 Å². The number of benzene rings is 1. The summed E-state index contributed by atoms with van der Waals surface area (Å²) in [5.74, 6) is 0.168. The van der Waals surface area contributed by atoms with Crippen LogP contribution in [0.15, 0.2) is 24.3 Å². The number of esters is 1. The standard InChI is InChI=1S/C18H24O4/c1-4-18(2,3)16(20)11-22-17(21)14-9-13(10-14)12-5-7-15(19)8-6-12/h5-8,13-14,19H,4,9-11H2,1-3H3. The number of Topliss-reactive ketones (excluding diaryl/α,β-unsaturated/α-hetero) is 1. The van der Waals surface area contributed by atoms with Gasteiger partial charge in [0.15, 0.2) is 12.4 Å². The number of hydrogen-bond donors (Lipinski definition) is 1. The van der Waals surface area contributed by atoms with Crippen LogP contribution in [0.2, 0.25) is 0 Å². The van der Waals surface area contributed by atoms with Crippen LogP contribution in [0.25, 0.3) is 0 Å². The molecule has 120 valence electrons. The average Bonchev–Trinajstić information content (AvgIpc) is 2.45. The van der Waals surface area contributed by atoms with E-state index in [1.165, 1.54) is 0 Å². The van der Waals surface area contributed by atoms with Crippen LogP contribution in [0.3, 0.4) is 0 Å². The molecule has 0 amide bonds. The van der Waals surface area contributed by atoms with Gasteiger partial charge >= 0.3 is 5.97 Å². The van der Waals surface area contributed by atoms with Crippen LogP contribution in [0.4, 0.5) is 0 Å².